The van der Waals surface area contributed by atoms with Gasteiger partial charge in [-0.1, -0.05) is 13.0 Å². The maximum Gasteiger partial charge on any atom is 0.416 e. The van der Waals surface area contributed by atoms with Crippen LogP contribution in [0.2, 0.25) is 0 Å². The molecule has 2 amide bonds. The van der Waals surface area contributed by atoms with Crippen LogP contribution in [0.5, 0.6) is 5.75 Å². The predicted octanol–water partition coefficient (Wildman–Crippen LogP) is 4.66. The molecule has 0 aromatic heterocycles. The van der Waals surface area contributed by atoms with Crippen molar-refractivity contribution in [1.82, 2.24) is 15.1 Å². The first-order valence-electron chi connectivity index (χ1n) is 13.8. The lowest BCUT2D eigenvalue weighted by Gasteiger charge is -2.45. The summed E-state index contributed by atoms with van der Waals surface area (Å²) in [5.74, 6) is -3.62. The van der Waals surface area contributed by atoms with Gasteiger partial charge >= 0.3 is 6.09 Å². The summed E-state index contributed by atoms with van der Waals surface area (Å²) in [5, 5.41) is 3.21. The molecular weight excluding hydrogens is 523 g/mol. The van der Waals surface area contributed by atoms with Gasteiger partial charge in [-0.15, -0.1) is 0 Å². The van der Waals surface area contributed by atoms with Gasteiger partial charge in [0.05, 0.1) is 0 Å². The molecule has 0 unspecified atom stereocenters. The van der Waals surface area contributed by atoms with Crippen LogP contribution in [-0.2, 0) is 9.59 Å². The third-order valence-electron chi connectivity index (χ3n) is 8.80. The number of likely N-dealkylation sites (N-methyl/N-ethyl adjacent to an activating group) is 1. The third-order valence-corrected chi connectivity index (χ3v) is 8.80. The highest BCUT2D eigenvalue weighted by Gasteiger charge is 2.57. The smallest absolute Gasteiger partial charge is 0.410 e. The molecule has 10 heteroatoms. The van der Waals surface area contributed by atoms with Gasteiger partial charge < -0.3 is 15.0 Å². The van der Waals surface area contributed by atoms with E-state index in [-0.39, 0.29) is 42.5 Å². The molecule has 214 valence electrons. The summed E-state index contributed by atoms with van der Waals surface area (Å²) in [6, 6.07) is 8.51. The van der Waals surface area contributed by atoms with Gasteiger partial charge in [-0.25, -0.2) is 18.0 Å². The van der Waals surface area contributed by atoms with Gasteiger partial charge in [-0.05, 0) is 74.6 Å². The molecular formula is C30H34F3N3O4. The van der Waals surface area contributed by atoms with Crippen LogP contribution in [0.4, 0.5) is 18.0 Å². The second-order valence-corrected chi connectivity index (χ2v) is 11.3. The largest absolute Gasteiger partial charge is 0.416 e. The minimum Gasteiger partial charge on any atom is -0.410 e. The van der Waals surface area contributed by atoms with Gasteiger partial charge in [-0.2, -0.15) is 0 Å². The summed E-state index contributed by atoms with van der Waals surface area (Å²) < 4.78 is 47.2. The number of carbonyl (C=O) groups is 3. The summed E-state index contributed by atoms with van der Waals surface area (Å²) in [6.45, 7) is 5.02. The number of Topliss-reactive ketones (excluding diaryl/α,β-unsaturated/α-hetero) is 1. The molecule has 0 spiro atoms. The maximum absolute atomic E-state index is 14.5. The van der Waals surface area contributed by atoms with Gasteiger partial charge in [0.15, 0.2) is 17.4 Å². The summed E-state index contributed by atoms with van der Waals surface area (Å²) in [5.41, 5.74) is -1.36. The van der Waals surface area contributed by atoms with Gasteiger partial charge in [0.25, 0.3) is 0 Å². The van der Waals surface area contributed by atoms with Crippen molar-refractivity contribution in [1.29, 1.82) is 0 Å². The number of ether oxygens (including phenoxy) is 1. The number of halogens is 3. The fraction of sp³-hybridized carbons (Fsp3) is 0.500. The SMILES string of the molecule is CCN(C(=O)Oc1ccc(F)cc1)[C@]1(C(=O)C2CCN(C(=O)C3(C)CC3)CC2)CNC[C@H]1c1ccc(F)c(F)c1. The van der Waals surface area contributed by atoms with Crippen molar-refractivity contribution in [3.63, 3.8) is 0 Å². The normalized spacial score (nSPS) is 24.0. The average Bonchev–Trinajstić information content (AvgIpc) is 3.56. The van der Waals surface area contributed by atoms with Crippen LogP contribution in [0.1, 0.15) is 51.0 Å². The van der Waals surface area contributed by atoms with E-state index < -0.39 is 40.9 Å². The first kappa shape index (κ1) is 28.1. The standard InChI is InChI=1S/C30H34F3N3O4/c1-3-36(28(39)40-22-7-5-21(31)6-8-22)30(18-34-17-23(30)20-4-9-24(32)25(33)16-20)26(37)19-10-14-35(15-11-19)27(38)29(2)12-13-29/h4-9,16,19,23,34H,3,10-15,17-18H2,1-2H3/t23-,30+/m0/s1. The van der Waals surface area contributed by atoms with Crippen LogP contribution < -0.4 is 10.1 Å². The van der Waals surface area contributed by atoms with Crippen molar-refractivity contribution in [2.24, 2.45) is 11.3 Å². The van der Waals surface area contributed by atoms with Crippen LogP contribution in [0.25, 0.3) is 0 Å². The lowest BCUT2D eigenvalue weighted by atomic mass is 9.71. The Morgan fingerprint density at radius 3 is 2.30 bits per heavy atom. The molecule has 1 saturated carbocycles. The molecule has 2 atom stereocenters. The molecule has 3 fully saturated rings. The Morgan fingerprint density at radius 2 is 1.70 bits per heavy atom. The van der Waals surface area contributed by atoms with E-state index in [1.165, 1.54) is 23.1 Å². The molecule has 0 bridgehead atoms. The van der Waals surface area contributed by atoms with Crippen molar-refractivity contribution in [3.8, 4) is 5.75 Å². The van der Waals surface area contributed by atoms with Crippen LogP contribution in [0.3, 0.4) is 0 Å². The Morgan fingerprint density at radius 1 is 1.02 bits per heavy atom. The van der Waals surface area contributed by atoms with E-state index in [0.29, 0.717) is 31.5 Å². The molecule has 1 N–H and O–H groups in total. The molecule has 2 aliphatic heterocycles. The molecule has 5 rings (SSSR count). The van der Waals surface area contributed by atoms with Gasteiger partial charge in [0.2, 0.25) is 5.91 Å². The highest BCUT2D eigenvalue weighted by molar-refractivity contribution is 5.96. The van der Waals surface area contributed by atoms with Gasteiger partial charge in [-0.3, -0.25) is 14.5 Å². The minimum absolute atomic E-state index is 0.0963. The Kier molecular flexibility index (Phi) is 7.65. The lowest BCUT2D eigenvalue weighted by Crippen LogP contribution is -2.64. The number of carbonyl (C=O) groups excluding carboxylic acids is 3. The lowest BCUT2D eigenvalue weighted by molar-refractivity contribution is -0.142. The van der Waals surface area contributed by atoms with E-state index in [9.17, 15) is 27.6 Å². The second-order valence-electron chi connectivity index (χ2n) is 11.3. The second kappa shape index (κ2) is 10.9. The number of ketones is 1. The Balaban J connectivity index is 1.47. The molecule has 2 aromatic carbocycles. The van der Waals surface area contributed by atoms with Crippen LogP contribution in [-0.4, -0.2) is 65.8 Å². The highest BCUT2D eigenvalue weighted by Crippen LogP contribution is 2.47. The van der Waals surface area contributed by atoms with Crippen LogP contribution in [0.15, 0.2) is 42.5 Å². The molecule has 3 aliphatic rings. The molecule has 1 aliphatic carbocycles. The zero-order valence-electron chi connectivity index (χ0n) is 22.7. The molecule has 7 nitrogen and oxygen atoms in total. The predicted molar refractivity (Wildman–Crippen MR) is 141 cm³/mol. The Labute approximate surface area is 231 Å². The van der Waals surface area contributed by atoms with E-state index in [2.05, 4.69) is 5.32 Å². The number of piperidine rings is 1. The average molecular weight is 558 g/mol. The number of hydrogen-bond acceptors (Lipinski definition) is 5. The van der Waals surface area contributed by atoms with Crippen molar-refractivity contribution in [2.45, 2.75) is 51.0 Å². The van der Waals surface area contributed by atoms with E-state index in [1.54, 1.807) is 6.92 Å². The number of likely N-dealkylation sites (tertiary alicyclic amines) is 1. The van der Waals surface area contributed by atoms with Crippen molar-refractivity contribution in [3.05, 3.63) is 65.5 Å². The fourth-order valence-corrected chi connectivity index (χ4v) is 6.21. The first-order valence-corrected chi connectivity index (χ1v) is 13.8. The van der Waals surface area contributed by atoms with Crippen molar-refractivity contribution >= 4 is 17.8 Å². The molecule has 2 aromatic rings. The zero-order chi connectivity index (χ0) is 28.7. The number of amides is 2. The number of nitrogens with zero attached hydrogens (tertiary/aromatic N) is 2. The first-order chi connectivity index (χ1) is 19.1. The Bertz CT molecular complexity index is 1290. The van der Waals surface area contributed by atoms with E-state index in [1.807, 2.05) is 11.8 Å². The third kappa shape index (κ3) is 5.09. The number of benzene rings is 2. The summed E-state index contributed by atoms with van der Waals surface area (Å²) >= 11 is 0. The van der Waals surface area contributed by atoms with Gasteiger partial charge in [0, 0.05) is 50.0 Å². The van der Waals surface area contributed by atoms with Crippen LogP contribution in [0, 0.1) is 28.8 Å². The highest BCUT2D eigenvalue weighted by atomic mass is 19.2. The summed E-state index contributed by atoms with van der Waals surface area (Å²) in [4.78, 5) is 44.2. The zero-order valence-corrected chi connectivity index (χ0v) is 22.7. The van der Waals surface area contributed by atoms with Crippen molar-refractivity contribution < 1.29 is 32.3 Å². The minimum atomic E-state index is -1.45. The van der Waals surface area contributed by atoms with E-state index in [0.717, 1.165) is 37.1 Å². The number of nitrogens with one attached hydrogen (secondary N) is 1. The topological polar surface area (TPSA) is 79.0 Å². The van der Waals surface area contributed by atoms with Gasteiger partial charge in [0.1, 0.15) is 17.1 Å². The summed E-state index contributed by atoms with van der Waals surface area (Å²) in [6.07, 6.45) is 1.83. The fourth-order valence-electron chi connectivity index (χ4n) is 6.21. The maximum atomic E-state index is 14.5. The van der Waals surface area contributed by atoms with Crippen LogP contribution >= 0.6 is 0 Å². The molecule has 40 heavy (non-hydrogen) atoms. The quantitative estimate of drug-likeness (QED) is 0.536. The van der Waals surface area contributed by atoms with E-state index >= 15 is 0 Å². The monoisotopic (exact) mass is 557 g/mol. The number of rotatable bonds is 7. The van der Waals surface area contributed by atoms with Crippen molar-refractivity contribution in [2.75, 3.05) is 32.7 Å². The summed E-state index contributed by atoms with van der Waals surface area (Å²) in [7, 11) is 0. The molecule has 2 saturated heterocycles. The molecule has 2 heterocycles. The number of hydrogen-bond donors (Lipinski definition) is 1. The van der Waals surface area contributed by atoms with E-state index in [4.69, 9.17) is 4.74 Å². The molecule has 0 radical (unpaired) electrons. The Hall–Kier alpha value is -3.40.